The zero-order valence-corrected chi connectivity index (χ0v) is 12.2. The maximum Gasteiger partial charge on any atom is 0.422 e. The van der Waals surface area contributed by atoms with Gasteiger partial charge in [-0.25, -0.2) is 4.79 Å². The SMILES string of the molecule is C=C(C(=O)OC1(C(C)C)CCCCCCC1)C(F)(F)F. The van der Waals surface area contributed by atoms with Gasteiger partial charge in [-0.1, -0.05) is 39.7 Å². The summed E-state index contributed by atoms with van der Waals surface area (Å²) in [7, 11) is 0. The maximum absolute atomic E-state index is 12.5. The highest BCUT2D eigenvalue weighted by atomic mass is 19.4. The summed E-state index contributed by atoms with van der Waals surface area (Å²) >= 11 is 0. The van der Waals surface area contributed by atoms with Crippen LogP contribution in [0.2, 0.25) is 0 Å². The first-order valence-electron chi connectivity index (χ1n) is 7.18. The van der Waals surface area contributed by atoms with Crippen molar-refractivity contribution in [1.29, 1.82) is 0 Å². The average Bonchev–Trinajstić information content (AvgIpc) is 2.30. The molecule has 20 heavy (non-hydrogen) atoms. The summed E-state index contributed by atoms with van der Waals surface area (Å²) in [4.78, 5) is 11.7. The zero-order valence-electron chi connectivity index (χ0n) is 12.2. The number of ether oxygens (including phenoxy) is 1. The van der Waals surface area contributed by atoms with E-state index in [2.05, 4.69) is 6.58 Å². The Labute approximate surface area is 118 Å². The second-order valence-electron chi connectivity index (χ2n) is 5.85. The molecule has 0 aromatic rings. The minimum absolute atomic E-state index is 0.00872. The van der Waals surface area contributed by atoms with E-state index in [1.165, 1.54) is 0 Å². The highest BCUT2D eigenvalue weighted by Gasteiger charge is 2.43. The highest BCUT2D eigenvalue weighted by Crippen LogP contribution is 2.37. The highest BCUT2D eigenvalue weighted by molar-refractivity contribution is 5.89. The van der Waals surface area contributed by atoms with Crippen LogP contribution in [-0.4, -0.2) is 17.7 Å². The van der Waals surface area contributed by atoms with E-state index < -0.39 is 23.3 Å². The van der Waals surface area contributed by atoms with Gasteiger partial charge < -0.3 is 4.74 Å². The first-order chi connectivity index (χ1) is 9.19. The molecule has 1 fully saturated rings. The van der Waals surface area contributed by atoms with Crippen molar-refractivity contribution >= 4 is 5.97 Å². The third kappa shape index (κ3) is 4.25. The van der Waals surface area contributed by atoms with Crippen LogP contribution in [-0.2, 0) is 9.53 Å². The van der Waals surface area contributed by atoms with E-state index in [0.29, 0.717) is 12.8 Å². The molecule has 0 aromatic carbocycles. The minimum Gasteiger partial charge on any atom is -0.455 e. The molecule has 116 valence electrons. The Kier molecular flexibility index (Phi) is 5.66. The van der Waals surface area contributed by atoms with Crippen LogP contribution in [0.4, 0.5) is 13.2 Å². The Morgan fingerprint density at radius 1 is 1.10 bits per heavy atom. The van der Waals surface area contributed by atoms with Crippen molar-refractivity contribution in [3.8, 4) is 0 Å². The van der Waals surface area contributed by atoms with E-state index in [1.54, 1.807) is 0 Å². The lowest BCUT2D eigenvalue weighted by Crippen LogP contribution is -2.42. The molecule has 0 amide bonds. The molecule has 2 nitrogen and oxygen atoms in total. The Hall–Kier alpha value is -1.00. The van der Waals surface area contributed by atoms with Crippen molar-refractivity contribution in [2.45, 2.75) is 70.6 Å². The predicted octanol–water partition coefficient (Wildman–Crippen LogP) is 4.79. The molecule has 0 saturated heterocycles. The van der Waals surface area contributed by atoms with Crippen LogP contribution < -0.4 is 0 Å². The number of hydrogen-bond donors (Lipinski definition) is 0. The number of esters is 1. The fourth-order valence-electron chi connectivity index (χ4n) is 2.66. The lowest BCUT2D eigenvalue weighted by atomic mass is 9.79. The summed E-state index contributed by atoms with van der Waals surface area (Å²) in [5.74, 6) is -1.34. The average molecular weight is 292 g/mol. The molecule has 1 aliphatic rings. The molecule has 0 N–H and O–H groups in total. The standard InChI is InChI=1S/C15H23F3O2/c1-11(2)14(9-7-5-4-6-8-10-14)20-13(19)12(3)15(16,17)18/h11H,3-10H2,1-2H3. The van der Waals surface area contributed by atoms with E-state index in [4.69, 9.17) is 4.74 Å². The van der Waals surface area contributed by atoms with Gasteiger partial charge >= 0.3 is 12.1 Å². The van der Waals surface area contributed by atoms with Crippen molar-refractivity contribution in [1.82, 2.24) is 0 Å². The number of hydrogen-bond acceptors (Lipinski definition) is 2. The molecule has 1 saturated carbocycles. The minimum atomic E-state index is -4.73. The molecule has 0 aromatic heterocycles. The summed E-state index contributed by atoms with van der Waals surface area (Å²) in [5.41, 5.74) is -2.20. The molecule has 0 bridgehead atoms. The normalized spacial score (nSPS) is 20.1. The van der Waals surface area contributed by atoms with Crippen LogP contribution in [0.1, 0.15) is 58.8 Å². The van der Waals surface area contributed by atoms with Gasteiger partial charge in [0.15, 0.2) is 0 Å². The molecule has 0 atom stereocenters. The smallest absolute Gasteiger partial charge is 0.422 e. The number of carbonyl (C=O) groups is 1. The van der Waals surface area contributed by atoms with Gasteiger partial charge in [0.05, 0.1) is 0 Å². The van der Waals surface area contributed by atoms with Gasteiger partial charge in [0, 0.05) is 0 Å². The van der Waals surface area contributed by atoms with Crippen LogP contribution in [0, 0.1) is 5.92 Å². The molecule has 0 radical (unpaired) electrons. The first-order valence-corrected chi connectivity index (χ1v) is 7.18. The topological polar surface area (TPSA) is 26.3 Å². The predicted molar refractivity (Wildman–Crippen MR) is 71.2 cm³/mol. The van der Waals surface area contributed by atoms with Crippen LogP contribution in [0.3, 0.4) is 0 Å². The van der Waals surface area contributed by atoms with Crippen LogP contribution in [0.5, 0.6) is 0 Å². The molecular weight excluding hydrogens is 269 g/mol. The van der Waals surface area contributed by atoms with E-state index in [9.17, 15) is 18.0 Å². The van der Waals surface area contributed by atoms with Crippen LogP contribution in [0.25, 0.3) is 0 Å². The number of carbonyl (C=O) groups excluding carboxylic acids is 1. The largest absolute Gasteiger partial charge is 0.455 e. The van der Waals surface area contributed by atoms with Crippen molar-refractivity contribution in [2.75, 3.05) is 0 Å². The second kappa shape index (κ2) is 6.64. The molecule has 0 spiro atoms. The third-order valence-electron chi connectivity index (χ3n) is 4.14. The molecule has 0 heterocycles. The third-order valence-corrected chi connectivity index (χ3v) is 4.14. The molecule has 1 aliphatic carbocycles. The molecule has 0 aliphatic heterocycles. The number of rotatable bonds is 3. The Morgan fingerprint density at radius 3 is 1.95 bits per heavy atom. The summed E-state index contributed by atoms with van der Waals surface area (Å²) in [6.45, 7) is 6.61. The lowest BCUT2D eigenvalue weighted by Gasteiger charge is -2.39. The summed E-state index contributed by atoms with van der Waals surface area (Å²) in [6.07, 6.45) is 1.49. The quantitative estimate of drug-likeness (QED) is 0.552. The van der Waals surface area contributed by atoms with Crippen molar-refractivity contribution in [3.05, 3.63) is 12.2 Å². The first kappa shape index (κ1) is 17.1. The van der Waals surface area contributed by atoms with Crippen molar-refractivity contribution in [3.63, 3.8) is 0 Å². The van der Waals surface area contributed by atoms with Gasteiger partial charge in [0.2, 0.25) is 0 Å². The van der Waals surface area contributed by atoms with Gasteiger partial charge in [0.25, 0.3) is 0 Å². The Morgan fingerprint density at radius 2 is 1.55 bits per heavy atom. The van der Waals surface area contributed by atoms with Gasteiger partial charge in [-0.15, -0.1) is 0 Å². The summed E-state index contributed by atoms with van der Waals surface area (Å²) < 4.78 is 42.9. The van der Waals surface area contributed by atoms with E-state index in [1.807, 2.05) is 13.8 Å². The Bertz CT molecular complexity index is 351. The fraction of sp³-hybridized carbons (Fsp3) is 0.800. The van der Waals surface area contributed by atoms with E-state index in [0.717, 1.165) is 32.1 Å². The van der Waals surface area contributed by atoms with Gasteiger partial charge in [0.1, 0.15) is 11.2 Å². The zero-order chi connectivity index (χ0) is 15.4. The molecular formula is C15H23F3O2. The van der Waals surface area contributed by atoms with Crippen molar-refractivity contribution < 1.29 is 22.7 Å². The summed E-state index contributed by atoms with van der Waals surface area (Å²) in [5, 5.41) is 0. The van der Waals surface area contributed by atoms with Crippen LogP contribution >= 0.6 is 0 Å². The molecule has 1 rings (SSSR count). The number of alkyl halides is 3. The second-order valence-corrected chi connectivity index (χ2v) is 5.85. The van der Waals surface area contributed by atoms with Crippen LogP contribution in [0.15, 0.2) is 12.2 Å². The Balaban J connectivity index is 2.85. The fourth-order valence-corrected chi connectivity index (χ4v) is 2.66. The van der Waals surface area contributed by atoms with E-state index >= 15 is 0 Å². The van der Waals surface area contributed by atoms with Gasteiger partial charge in [-0.2, -0.15) is 13.2 Å². The molecule has 0 unspecified atom stereocenters. The molecule has 5 heteroatoms. The maximum atomic E-state index is 12.5. The van der Waals surface area contributed by atoms with Gasteiger partial charge in [-0.05, 0) is 31.6 Å². The summed E-state index contributed by atoms with van der Waals surface area (Å²) in [6, 6.07) is 0. The number of halogens is 3. The lowest BCUT2D eigenvalue weighted by molar-refractivity contribution is -0.172. The van der Waals surface area contributed by atoms with Gasteiger partial charge in [-0.3, -0.25) is 0 Å². The van der Waals surface area contributed by atoms with Crippen molar-refractivity contribution in [2.24, 2.45) is 5.92 Å². The van der Waals surface area contributed by atoms with E-state index in [-0.39, 0.29) is 5.92 Å². The monoisotopic (exact) mass is 292 g/mol.